The molecule has 22 heteroatoms. The number of hydrogen-bond donors (Lipinski definition) is 16. The zero-order chi connectivity index (χ0) is 50.2. The van der Waals surface area contributed by atoms with Gasteiger partial charge in [0, 0.05) is 71.0 Å². The van der Waals surface area contributed by atoms with Crippen molar-refractivity contribution in [3.8, 4) is 0 Å². The first kappa shape index (κ1) is 58.0. The predicted molar refractivity (Wildman–Crippen MR) is 235 cm³/mol. The Morgan fingerprint density at radius 2 is 1.28 bits per heavy atom. The SMILES string of the molecule is CC(CO)CC(O)CC1OC(CC2OC(CC(O)CCCC3OC(C(O)C(O)CC4OC(CC(O)CCO)CC(O)C4(C)O)CC(O)C3O)C(O)CC2OC2OC(C)C(O)CC2O)CC(O)C1O. The minimum atomic E-state index is -1.83. The smallest absolute Gasteiger partial charge is 0.184 e. The van der Waals surface area contributed by atoms with Crippen LogP contribution < -0.4 is 0 Å². The molecular weight excluding hydrogens is 904 g/mol. The minimum absolute atomic E-state index is 0.00422. The molecular formula is C46H84O22. The molecule has 0 spiro atoms. The van der Waals surface area contributed by atoms with Crippen LogP contribution in [-0.4, -0.2) is 247 Å². The highest BCUT2D eigenvalue weighted by Crippen LogP contribution is 2.38. The van der Waals surface area contributed by atoms with Crippen LogP contribution in [0.25, 0.3) is 0 Å². The summed E-state index contributed by atoms with van der Waals surface area (Å²) in [5, 5.41) is 170. The maximum atomic E-state index is 11.4. The van der Waals surface area contributed by atoms with Crippen LogP contribution in [0.3, 0.4) is 0 Å². The molecule has 0 aromatic carbocycles. The summed E-state index contributed by atoms with van der Waals surface area (Å²) in [4.78, 5) is 0. The van der Waals surface area contributed by atoms with Gasteiger partial charge >= 0.3 is 0 Å². The zero-order valence-electron chi connectivity index (χ0n) is 39.6. The molecule has 0 saturated carbocycles. The van der Waals surface area contributed by atoms with Crippen LogP contribution >= 0.6 is 0 Å². The highest BCUT2D eigenvalue weighted by Gasteiger charge is 2.50. The van der Waals surface area contributed by atoms with Gasteiger partial charge in [0.2, 0.25) is 0 Å². The third kappa shape index (κ3) is 15.8. The normalized spacial score (nSPS) is 44.4. The number of hydrogen-bond acceptors (Lipinski definition) is 22. The summed E-state index contributed by atoms with van der Waals surface area (Å²) in [6, 6.07) is 0. The number of aliphatic hydroxyl groups excluding tert-OH is 15. The van der Waals surface area contributed by atoms with Crippen LogP contribution in [-0.2, 0) is 28.4 Å². The maximum absolute atomic E-state index is 11.4. The van der Waals surface area contributed by atoms with Crippen molar-refractivity contribution in [2.75, 3.05) is 13.2 Å². The lowest BCUT2D eigenvalue weighted by Gasteiger charge is -2.46. The molecule has 0 aliphatic carbocycles. The Balaban J connectivity index is 1.17. The van der Waals surface area contributed by atoms with E-state index in [1.54, 1.807) is 13.8 Å². The quantitative estimate of drug-likeness (QED) is 0.0465. The highest BCUT2D eigenvalue weighted by atomic mass is 16.7. The van der Waals surface area contributed by atoms with E-state index in [1.165, 1.54) is 6.92 Å². The Bertz CT molecular complexity index is 1450. The average Bonchev–Trinajstić information content (AvgIpc) is 3.26. The van der Waals surface area contributed by atoms with Gasteiger partial charge in [0.05, 0.1) is 116 Å². The van der Waals surface area contributed by atoms with Crippen molar-refractivity contribution in [1.29, 1.82) is 0 Å². The summed E-state index contributed by atoms with van der Waals surface area (Å²) in [7, 11) is 0. The van der Waals surface area contributed by atoms with Crippen molar-refractivity contribution in [3.63, 3.8) is 0 Å². The van der Waals surface area contributed by atoms with E-state index < -0.39 is 152 Å². The van der Waals surface area contributed by atoms with Gasteiger partial charge in [0.15, 0.2) is 6.29 Å². The van der Waals surface area contributed by atoms with Crippen molar-refractivity contribution < 1.29 is 110 Å². The fourth-order valence-corrected chi connectivity index (χ4v) is 10.4. The van der Waals surface area contributed by atoms with E-state index in [4.69, 9.17) is 33.5 Å². The summed E-state index contributed by atoms with van der Waals surface area (Å²) in [5.41, 5.74) is -1.83. The van der Waals surface area contributed by atoms with Gasteiger partial charge in [0.25, 0.3) is 0 Å². The topological polar surface area (TPSA) is 379 Å². The molecule has 0 amide bonds. The van der Waals surface area contributed by atoms with Crippen molar-refractivity contribution in [3.05, 3.63) is 0 Å². The van der Waals surface area contributed by atoms with Crippen LogP contribution in [0.4, 0.5) is 0 Å². The largest absolute Gasteiger partial charge is 0.396 e. The molecule has 26 atom stereocenters. The van der Waals surface area contributed by atoms with Gasteiger partial charge in [-0.2, -0.15) is 0 Å². The second-order valence-electron chi connectivity index (χ2n) is 20.8. The van der Waals surface area contributed by atoms with Gasteiger partial charge in [-0.3, -0.25) is 0 Å². The Hall–Kier alpha value is -0.880. The Labute approximate surface area is 398 Å². The van der Waals surface area contributed by atoms with Gasteiger partial charge in [-0.15, -0.1) is 0 Å². The monoisotopic (exact) mass is 989 g/mol. The average molecular weight is 989 g/mol. The van der Waals surface area contributed by atoms with E-state index in [9.17, 15) is 76.6 Å². The molecule has 0 aromatic heterocycles. The molecule has 5 aliphatic heterocycles. The molecule has 400 valence electrons. The fourth-order valence-electron chi connectivity index (χ4n) is 10.4. The molecule has 0 aromatic rings. The van der Waals surface area contributed by atoms with E-state index >= 15 is 0 Å². The lowest BCUT2D eigenvalue weighted by Crippen LogP contribution is -2.60. The summed E-state index contributed by atoms with van der Waals surface area (Å²) in [6.45, 7) is 4.32. The number of aliphatic hydroxyl groups is 16. The second kappa shape index (κ2) is 26.4. The Morgan fingerprint density at radius 3 is 1.97 bits per heavy atom. The van der Waals surface area contributed by atoms with Crippen LogP contribution in [0.1, 0.15) is 117 Å². The standard InChI is InChI=1S/C46H84O22/c1-21(20-48)9-25(51)12-38-43(60)30(54)13-27(64-38)14-36-37(68-45-33(57)16-28(52)22(2)63-45)17-29(53)35(67-36)11-23(49)5-4-6-34-42(59)31(55)18-39(66-34)44(61)32(56)19-41-46(3,62)40(58)15-26(65-41)10-24(50)7-8-47/h21-45,47-62H,4-20H2,1-3H3. The van der Waals surface area contributed by atoms with Gasteiger partial charge in [-0.1, -0.05) is 6.92 Å². The fraction of sp³-hybridized carbons (Fsp3) is 1.00. The van der Waals surface area contributed by atoms with E-state index in [2.05, 4.69) is 0 Å². The van der Waals surface area contributed by atoms with Gasteiger partial charge in [0.1, 0.15) is 30.0 Å². The molecule has 0 radical (unpaired) electrons. The zero-order valence-corrected chi connectivity index (χ0v) is 39.6. The molecule has 26 unspecified atom stereocenters. The van der Waals surface area contributed by atoms with Crippen molar-refractivity contribution >= 4 is 0 Å². The number of ether oxygens (including phenoxy) is 6. The Morgan fingerprint density at radius 1 is 0.618 bits per heavy atom. The van der Waals surface area contributed by atoms with E-state index in [0.29, 0.717) is 0 Å². The third-order valence-corrected chi connectivity index (χ3v) is 14.8. The first-order valence-electron chi connectivity index (χ1n) is 24.7. The molecule has 5 rings (SSSR count). The van der Waals surface area contributed by atoms with Crippen LogP contribution in [0, 0.1) is 5.92 Å². The van der Waals surface area contributed by atoms with E-state index in [1.807, 2.05) is 0 Å². The first-order valence-corrected chi connectivity index (χ1v) is 24.7. The highest BCUT2D eigenvalue weighted by molar-refractivity contribution is 5.00. The van der Waals surface area contributed by atoms with Crippen LogP contribution in [0.5, 0.6) is 0 Å². The van der Waals surface area contributed by atoms with Crippen molar-refractivity contribution in [2.45, 2.75) is 269 Å². The van der Waals surface area contributed by atoms with Crippen LogP contribution in [0.2, 0.25) is 0 Å². The molecule has 22 nitrogen and oxygen atoms in total. The lowest BCUT2D eigenvalue weighted by atomic mass is 9.81. The molecule has 68 heavy (non-hydrogen) atoms. The summed E-state index contributed by atoms with van der Waals surface area (Å²) < 4.78 is 36.6. The third-order valence-electron chi connectivity index (χ3n) is 14.8. The van der Waals surface area contributed by atoms with Gasteiger partial charge in [-0.25, -0.2) is 0 Å². The first-order chi connectivity index (χ1) is 32.0. The second-order valence-corrected chi connectivity index (χ2v) is 20.8. The molecule has 5 heterocycles. The Kier molecular flexibility index (Phi) is 22.5. The summed E-state index contributed by atoms with van der Waals surface area (Å²) >= 11 is 0. The molecule has 16 N–H and O–H groups in total. The molecule has 5 saturated heterocycles. The lowest BCUT2D eigenvalue weighted by molar-refractivity contribution is -0.305. The summed E-state index contributed by atoms with van der Waals surface area (Å²) in [5.74, 6) is -0.209. The van der Waals surface area contributed by atoms with E-state index in [-0.39, 0.29) is 115 Å². The predicted octanol–water partition coefficient (Wildman–Crippen LogP) is -3.90. The summed E-state index contributed by atoms with van der Waals surface area (Å²) in [6.07, 6.45) is -26.1. The molecule has 0 bridgehead atoms. The maximum Gasteiger partial charge on any atom is 0.184 e. The molecule has 5 fully saturated rings. The van der Waals surface area contributed by atoms with Crippen LogP contribution in [0.15, 0.2) is 0 Å². The van der Waals surface area contributed by atoms with Crippen molar-refractivity contribution in [2.24, 2.45) is 5.92 Å². The van der Waals surface area contributed by atoms with Crippen molar-refractivity contribution in [1.82, 2.24) is 0 Å². The number of rotatable bonds is 23. The van der Waals surface area contributed by atoms with Gasteiger partial charge in [-0.05, 0) is 58.3 Å². The molecule has 5 aliphatic rings. The van der Waals surface area contributed by atoms with E-state index in [0.717, 1.165) is 0 Å². The minimum Gasteiger partial charge on any atom is -0.396 e. The van der Waals surface area contributed by atoms with Gasteiger partial charge < -0.3 is 110 Å².